The first-order chi connectivity index (χ1) is 11.3. The molecular formula is C16H20FN3O3S. The molecule has 0 bridgehead atoms. The van der Waals surface area contributed by atoms with E-state index in [9.17, 15) is 17.9 Å². The van der Waals surface area contributed by atoms with Crippen LogP contribution in [0.3, 0.4) is 0 Å². The summed E-state index contributed by atoms with van der Waals surface area (Å²) in [6.45, 7) is 4.70. The fourth-order valence-electron chi connectivity index (χ4n) is 2.29. The third-order valence-corrected chi connectivity index (χ3v) is 5.38. The van der Waals surface area contributed by atoms with Crippen molar-refractivity contribution in [2.45, 2.75) is 33.4 Å². The van der Waals surface area contributed by atoms with Gasteiger partial charge >= 0.3 is 0 Å². The monoisotopic (exact) mass is 353 g/mol. The first-order valence-corrected chi connectivity index (χ1v) is 9.16. The van der Waals surface area contributed by atoms with Crippen LogP contribution in [0.1, 0.15) is 26.3 Å². The minimum absolute atomic E-state index is 0.0309. The number of halogens is 1. The van der Waals surface area contributed by atoms with Gasteiger partial charge in [-0.05, 0) is 45.0 Å². The summed E-state index contributed by atoms with van der Waals surface area (Å²) in [7, 11) is -3.55. The predicted octanol–water partition coefficient (Wildman–Crippen LogP) is 2.34. The highest BCUT2D eigenvalue weighted by atomic mass is 32.2. The zero-order valence-electron chi connectivity index (χ0n) is 13.8. The highest BCUT2D eigenvalue weighted by Crippen LogP contribution is 2.26. The number of hydrogen-bond donors (Lipinski definition) is 1. The zero-order valence-corrected chi connectivity index (χ0v) is 14.6. The predicted molar refractivity (Wildman–Crippen MR) is 90.4 cm³/mol. The number of benzene rings is 1. The summed E-state index contributed by atoms with van der Waals surface area (Å²) in [4.78, 5) is 8.42. The molecule has 0 aliphatic heterocycles. The summed E-state index contributed by atoms with van der Waals surface area (Å²) in [6.07, 6.45) is 1.39. The summed E-state index contributed by atoms with van der Waals surface area (Å²) in [5.74, 6) is -0.443. The van der Waals surface area contributed by atoms with Gasteiger partial charge in [0.25, 0.3) is 0 Å². The highest BCUT2D eigenvalue weighted by Gasteiger charge is 2.27. The molecule has 0 fully saturated rings. The van der Waals surface area contributed by atoms with Gasteiger partial charge in [-0.3, -0.25) is 0 Å². The lowest BCUT2D eigenvalue weighted by atomic mass is 10.1. The minimum atomic E-state index is -3.55. The van der Waals surface area contributed by atoms with Crippen LogP contribution in [0.5, 0.6) is 0 Å². The third kappa shape index (κ3) is 3.70. The van der Waals surface area contributed by atoms with Crippen LogP contribution in [0.25, 0.3) is 11.3 Å². The lowest BCUT2D eigenvalue weighted by Gasteiger charge is -2.26. The van der Waals surface area contributed by atoms with E-state index in [4.69, 9.17) is 0 Å². The quantitative estimate of drug-likeness (QED) is 0.862. The van der Waals surface area contributed by atoms with Gasteiger partial charge in [-0.2, -0.15) is 0 Å². The largest absolute Gasteiger partial charge is 0.392 e. The fraction of sp³-hybridized carbons (Fsp3) is 0.375. The molecule has 2 rings (SSSR count). The molecule has 0 aliphatic rings. The molecule has 2 aromatic rings. The van der Waals surface area contributed by atoms with Crippen LogP contribution >= 0.6 is 0 Å². The van der Waals surface area contributed by atoms with Gasteiger partial charge in [0.15, 0.2) is 0 Å². The molecule has 1 heterocycles. The van der Waals surface area contributed by atoms with E-state index in [1.807, 2.05) is 0 Å². The summed E-state index contributed by atoms with van der Waals surface area (Å²) < 4.78 is 39.0. The van der Waals surface area contributed by atoms with Crippen LogP contribution in [0.2, 0.25) is 0 Å². The van der Waals surface area contributed by atoms with Crippen molar-refractivity contribution in [3.05, 3.63) is 41.8 Å². The Bertz CT molecular complexity index is 808. The Morgan fingerprint density at radius 1 is 1.25 bits per heavy atom. The molecule has 0 saturated carbocycles. The van der Waals surface area contributed by atoms with E-state index in [1.165, 1.54) is 30.5 Å². The van der Waals surface area contributed by atoms with Crippen molar-refractivity contribution in [2.24, 2.45) is 0 Å². The second-order valence-electron chi connectivity index (χ2n) is 5.50. The van der Waals surface area contributed by atoms with Crippen LogP contribution < -0.4 is 4.31 Å². The normalized spacial score (nSPS) is 11.8. The Morgan fingerprint density at radius 2 is 1.88 bits per heavy atom. The molecule has 0 atom stereocenters. The molecule has 1 aromatic carbocycles. The smallest absolute Gasteiger partial charge is 0.240 e. The van der Waals surface area contributed by atoms with Crippen LogP contribution in [-0.4, -0.2) is 35.3 Å². The standard InChI is InChI=1S/C16H20FN3O3S/c1-4-24(22,23)20(11(2)3)16-18-9-13(10-21)15(19-16)12-5-7-14(17)8-6-12/h5-9,11,21H,4,10H2,1-3H3. The van der Waals surface area contributed by atoms with Gasteiger partial charge in [0.05, 0.1) is 18.1 Å². The van der Waals surface area contributed by atoms with Crippen molar-refractivity contribution in [3.8, 4) is 11.3 Å². The molecule has 0 amide bonds. The maximum absolute atomic E-state index is 13.1. The average molecular weight is 353 g/mol. The molecule has 0 saturated heterocycles. The Morgan fingerprint density at radius 3 is 2.38 bits per heavy atom. The summed E-state index contributed by atoms with van der Waals surface area (Å²) in [5.41, 5.74) is 1.38. The van der Waals surface area contributed by atoms with Crippen LogP contribution in [-0.2, 0) is 16.6 Å². The molecule has 8 heteroatoms. The van der Waals surface area contributed by atoms with Crippen LogP contribution in [0, 0.1) is 5.82 Å². The molecule has 0 unspecified atom stereocenters. The van der Waals surface area contributed by atoms with Gasteiger partial charge in [0.1, 0.15) is 5.82 Å². The van der Waals surface area contributed by atoms with E-state index in [1.54, 1.807) is 20.8 Å². The molecule has 24 heavy (non-hydrogen) atoms. The minimum Gasteiger partial charge on any atom is -0.392 e. The SMILES string of the molecule is CCS(=O)(=O)N(c1ncc(CO)c(-c2ccc(F)cc2)n1)C(C)C. The number of hydrogen-bond acceptors (Lipinski definition) is 5. The fourth-order valence-corrected chi connectivity index (χ4v) is 3.55. The Kier molecular flexibility index (Phi) is 5.51. The Hall–Kier alpha value is -2.06. The number of nitrogens with zero attached hydrogens (tertiary/aromatic N) is 3. The molecule has 0 spiro atoms. The molecule has 130 valence electrons. The van der Waals surface area contributed by atoms with Crippen LogP contribution in [0.4, 0.5) is 10.3 Å². The molecule has 6 nitrogen and oxygen atoms in total. The van der Waals surface area contributed by atoms with Gasteiger partial charge in [0, 0.05) is 23.4 Å². The van der Waals surface area contributed by atoms with Crippen molar-refractivity contribution in [1.29, 1.82) is 0 Å². The molecular weight excluding hydrogens is 333 g/mol. The van der Waals surface area contributed by atoms with E-state index in [0.29, 0.717) is 16.8 Å². The zero-order chi connectivity index (χ0) is 17.9. The molecule has 0 aliphatic carbocycles. The van der Waals surface area contributed by atoms with Crippen molar-refractivity contribution >= 4 is 16.0 Å². The Labute approximate surface area is 141 Å². The van der Waals surface area contributed by atoms with Crippen molar-refractivity contribution < 1.29 is 17.9 Å². The van der Waals surface area contributed by atoms with Gasteiger partial charge in [-0.1, -0.05) is 0 Å². The maximum Gasteiger partial charge on any atom is 0.240 e. The van der Waals surface area contributed by atoms with E-state index < -0.39 is 15.8 Å². The lowest BCUT2D eigenvalue weighted by Crippen LogP contribution is -2.39. The number of aliphatic hydroxyl groups is 1. The second kappa shape index (κ2) is 7.23. The molecule has 0 radical (unpaired) electrons. The Balaban J connectivity index is 2.61. The van der Waals surface area contributed by atoms with E-state index >= 15 is 0 Å². The first kappa shape index (κ1) is 18.3. The number of aromatic nitrogens is 2. The van der Waals surface area contributed by atoms with Gasteiger partial charge < -0.3 is 5.11 Å². The maximum atomic E-state index is 13.1. The van der Waals surface area contributed by atoms with Gasteiger partial charge in [0.2, 0.25) is 16.0 Å². The summed E-state index contributed by atoms with van der Waals surface area (Å²) in [5, 5.41) is 9.49. The summed E-state index contributed by atoms with van der Waals surface area (Å²) in [6, 6.07) is 5.24. The first-order valence-electron chi connectivity index (χ1n) is 7.55. The van der Waals surface area contributed by atoms with Crippen molar-refractivity contribution in [2.75, 3.05) is 10.1 Å². The number of rotatable bonds is 6. The molecule has 1 aromatic heterocycles. The lowest BCUT2D eigenvalue weighted by molar-refractivity contribution is 0.281. The van der Waals surface area contributed by atoms with Gasteiger partial charge in [-0.15, -0.1) is 0 Å². The van der Waals surface area contributed by atoms with Crippen LogP contribution in [0.15, 0.2) is 30.5 Å². The highest BCUT2D eigenvalue weighted by molar-refractivity contribution is 7.92. The second-order valence-corrected chi connectivity index (χ2v) is 7.63. The van der Waals surface area contributed by atoms with E-state index in [0.717, 1.165) is 4.31 Å². The molecule has 1 N–H and O–H groups in total. The van der Waals surface area contributed by atoms with E-state index in [2.05, 4.69) is 9.97 Å². The average Bonchev–Trinajstić information content (AvgIpc) is 2.55. The van der Waals surface area contributed by atoms with Gasteiger partial charge in [-0.25, -0.2) is 27.1 Å². The summed E-state index contributed by atoms with van der Waals surface area (Å²) >= 11 is 0. The number of aliphatic hydroxyl groups excluding tert-OH is 1. The topological polar surface area (TPSA) is 83.4 Å². The number of anilines is 1. The number of sulfonamides is 1. The van der Waals surface area contributed by atoms with Crippen molar-refractivity contribution in [3.63, 3.8) is 0 Å². The van der Waals surface area contributed by atoms with Crippen molar-refractivity contribution in [1.82, 2.24) is 9.97 Å². The van der Waals surface area contributed by atoms with E-state index in [-0.39, 0.29) is 24.3 Å². The third-order valence-electron chi connectivity index (χ3n) is 3.47.